The van der Waals surface area contributed by atoms with Crippen LogP contribution >= 0.6 is 11.6 Å². The van der Waals surface area contributed by atoms with Crippen LogP contribution in [0.3, 0.4) is 0 Å². The van der Waals surface area contributed by atoms with Crippen molar-refractivity contribution in [1.82, 2.24) is 50.2 Å². The number of nitrogens with two attached hydrogens (primary N) is 2. The number of H-pyrrole nitrogens is 1. The van der Waals surface area contributed by atoms with Gasteiger partial charge in [-0.15, -0.1) is 5.34 Å². The van der Waals surface area contributed by atoms with E-state index in [9.17, 15) is 4.79 Å². The SMILES string of the molecule is COc1ccc(N)c(C)n1.COc1ccc2[nH]ncc2n1.COc1ccc2c(n1)c(C(=O)NCc1c(C)cc(N)nc1C)nn2Cc1ccc2ncc(Cl)cc2c1.O=N[O-].[Na+]. The topological polar surface area (TPSA) is 272 Å². The molecule has 310 valence electrons. The standard InChI is InChI=1S/C26H24ClN7O2.C7H7N3O.C7H10N2O.HNO2.Na/c1-14-8-22(28)31-15(2)19(14)12-30-26(35)25-24-21(6-7-23(32-24)36-3)34(33-25)13-16-4-5-20-17(9-16)10-18(27)11-29-20;1-11-7-3-2-5-6(9-7)4-8-10-5;1-5-6(8)3-4-7(9-5)10-2;2-1-3;/h4-11H,12-13H2,1-3H3,(H2,28,31)(H,30,35);2-4H,1H3,(H,8,10);3-4H,8H2,1-2H3;(H,2,3);/q;;;;+1/p-1. The molecular weight excluding hydrogens is 817 g/mol. The van der Waals surface area contributed by atoms with Crippen LogP contribution in [0.1, 0.15) is 38.6 Å². The average Bonchev–Trinajstić information content (AvgIpc) is 3.86. The Morgan fingerprint density at radius 1 is 0.852 bits per heavy atom. The second-order valence-electron chi connectivity index (χ2n) is 12.8. The molecule has 8 rings (SSSR count). The number of pyridine rings is 5. The van der Waals surface area contributed by atoms with E-state index < -0.39 is 0 Å². The van der Waals surface area contributed by atoms with Crippen LogP contribution in [0.25, 0.3) is 33.0 Å². The number of aryl methyl sites for hydroxylation is 3. The number of benzene rings is 1. The number of nitrogens with zero attached hydrogens (tertiary/aromatic N) is 9. The first-order chi connectivity index (χ1) is 28.9. The molecule has 0 aliphatic heterocycles. The van der Waals surface area contributed by atoms with Gasteiger partial charge in [-0.25, -0.2) is 19.9 Å². The predicted octanol–water partition coefficient (Wildman–Crippen LogP) is 3.42. The molecule has 0 atom stereocenters. The van der Waals surface area contributed by atoms with Crippen molar-refractivity contribution in [3.63, 3.8) is 0 Å². The van der Waals surface area contributed by atoms with Crippen LogP contribution in [-0.4, -0.2) is 72.1 Å². The summed E-state index contributed by atoms with van der Waals surface area (Å²) in [5.41, 5.74) is 20.5. The zero-order valence-electron chi connectivity index (χ0n) is 34.4. The summed E-state index contributed by atoms with van der Waals surface area (Å²) in [7, 11) is 4.71. The van der Waals surface area contributed by atoms with Gasteiger partial charge in [0.2, 0.25) is 17.6 Å². The van der Waals surface area contributed by atoms with Crippen molar-refractivity contribution in [3.05, 3.63) is 128 Å². The number of halogens is 1. The van der Waals surface area contributed by atoms with Crippen molar-refractivity contribution >= 4 is 62.0 Å². The Kier molecular flexibility index (Phi) is 17.0. The monoisotopic (exact) mass is 857 g/mol. The van der Waals surface area contributed by atoms with E-state index in [4.69, 9.17) is 47.4 Å². The first-order valence-electron chi connectivity index (χ1n) is 17.9. The number of carbonyl (C=O) groups is 1. The molecule has 7 aromatic heterocycles. The molecule has 6 N–H and O–H groups in total. The van der Waals surface area contributed by atoms with Crippen LogP contribution < -0.4 is 60.6 Å². The molecule has 8 aromatic rings. The Bertz CT molecular complexity index is 2740. The molecule has 1 amide bonds. The smallest absolute Gasteiger partial charge is 0.481 e. The van der Waals surface area contributed by atoms with E-state index in [0.29, 0.717) is 58.3 Å². The van der Waals surface area contributed by atoms with Crippen LogP contribution in [0.4, 0.5) is 11.5 Å². The number of rotatable bonds is 8. The largest absolute Gasteiger partial charge is 1.00 e. The molecule has 0 unspecified atom stereocenters. The molecule has 0 fully saturated rings. The Morgan fingerprint density at radius 2 is 1.52 bits per heavy atom. The van der Waals surface area contributed by atoms with E-state index >= 15 is 0 Å². The van der Waals surface area contributed by atoms with Crippen LogP contribution in [0.5, 0.6) is 17.6 Å². The molecule has 21 heteroatoms. The first kappa shape index (κ1) is 47.0. The van der Waals surface area contributed by atoms with Gasteiger partial charge in [-0.3, -0.25) is 19.6 Å². The molecular formula is C40H41ClN13NaO6. The van der Waals surface area contributed by atoms with Gasteiger partial charge in [-0.2, -0.15) is 10.2 Å². The van der Waals surface area contributed by atoms with Gasteiger partial charge in [0.25, 0.3) is 5.91 Å². The number of ether oxygens (including phenoxy) is 3. The number of aromatic amines is 1. The summed E-state index contributed by atoms with van der Waals surface area (Å²) in [5, 5.41) is 24.7. The zero-order chi connectivity index (χ0) is 43.3. The van der Waals surface area contributed by atoms with Crippen molar-refractivity contribution in [2.75, 3.05) is 32.8 Å². The van der Waals surface area contributed by atoms with Gasteiger partial charge >= 0.3 is 29.6 Å². The number of hydrogen-bond donors (Lipinski definition) is 4. The van der Waals surface area contributed by atoms with Crippen molar-refractivity contribution in [3.8, 4) is 17.6 Å². The molecule has 1 aromatic carbocycles. The summed E-state index contributed by atoms with van der Waals surface area (Å²) >= 11 is 6.12. The second kappa shape index (κ2) is 22.1. The molecule has 0 saturated heterocycles. The van der Waals surface area contributed by atoms with E-state index in [1.54, 1.807) is 61.6 Å². The third-order valence-electron chi connectivity index (χ3n) is 8.83. The fourth-order valence-corrected chi connectivity index (χ4v) is 6.01. The van der Waals surface area contributed by atoms with Crippen molar-refractivity contribution in [1.29, 1.82) is 0 Å². The quantitative estimate of drug-likeness (QED) is 0.0969. The molecule has 0 radical (unpaired) electrons. The molecule has 0 spiro atoms. The minimum absolute atomic E-state index is 0. The maximum Gasteiger partial charge on any atom is 1.00 e. The van der Waals surface area contributed by atoms with Crippen molar-refractivity contribution < 1.29 is 48.6 Å². The number of hydrogen-bond acceptors (Lipinski definition) is 16. The van der Waals surface area contributed by atoms with Crippen LogP contribution in [-0.2, 0) is 13.1 Å². The molecule has 0 bridgehead atoms. The van der Waals surface area contributed by atoms with Crippen LogP contribution in [0.15, 0.2) is 84.5 Å². The summed E-state index contributed by atoms with van der Waals surface area (Å²) in [6.07, 6.45) is 3.29. The molecule has 7 heterocycles. The normalized spacial score (nSPS) is 10.2. The van der Waals surface area contributed by atoms with Crippen LogP contribution in [0, 0.1) is 30.9 Å². The molecule has 0 saturated carbocycles. The number of amides is 1. The number of fused-ring (bicyclic) bond motifs is 3. The second-order valence-corrected chi connectivity index (χ2v) is 13.2. The Labute approximate surface area is 376 Å². The summed E-state index contributed by atoms with van der Waals surface area (Å²) < 4.78 is 16.9. The molecule has 19 nitrogen and oxygen atoms in total. The Balaban J connectivity index is 0.000000265. The van der Waals surface area contributed by atoms with E-state index in [2.05, 4.69) is 45.5 Å². The average molecular weight is 858 g/mol. The fourth-order valence-electron chi connectivity index (χ4n) is 5.85. The van der Waals surface area contributed by atoms with Gasteiger partial charge in [0, 0.05) is 42.0 Å². The van der Waals surface area contributed by atoms with Gasteiger partial charge in [0.15, 0.2) is 5.69 Å². The van der Waals surface area contributed by atoms with Gasteiger partial charge in [-0.1, -0.05) is 17.7 Å². The van der Waals surface area contributed by atoms with Gasteiger partial charge in [0.1, 0.15) is 16.9 Å². The molecule has 61 heavy (non-hydrogen) atoms. The third kappa shape index (κ3) is 12.2. The number of carbonyl (C=O) groups excluding carboxylic acids is 1. The zero-order valence-corrected chi connectivity index (χ0v) is 37.2. The van der Waals surface area contributed by atoms with Crippen molar-refractivity contribution in [2.24, 2.45) is 5.34 Å². The summed E-state index contributed by atoms with van der Waals surface area (Å²) in [5.74, 6) is 1.72. The first-order valence-corrected chi connectivity index (χ1v) is 18.3. The maximum absolute atomic E-state index is 13.3. The summed E-state index contributed by atoms with van der Waals surface area (Å²) in [4.78, 5) is 42.6. The van der Waals surface area contributed by atoms with Gasteiger partial charge in [0.05, 0.1) is 67.0 Å². The summed E-state index contributed by atoms with van der Waals surface area (Å²) in [6, 6.07) is 20.4. The number of nitrogen functional groups attached to an aromatic ring is 2. The van der Waals surface area contributed by atoms with Crippen LogP contribution in [0.2, 0.25) is 5.02 Å². The van der Waals surface area contributed by atoms with E-state index in [1.807, 2.05) is 57.2 Å². The summed E-state index contributed by atoms with van der Waals surface area (Å²) in [6.45, 7) is 6.38. The Morgan fingerprint density at radius 3 is 2.21 bits per heavy atom. The number of anilines is 2. The van der Waals surface area contributed by atoms with Gasteiger partial charge < -0.3 is 41.1 Å². The Hall–Kier alpha value is -6.67. The minimum Gasteiger partial charge on any atom is -0.481 e. The van der Waals surface area contributed by atoms with E-state index in [1.165, 1.54) is 7.11 Å². The third-order valence-corrected chi connectivity index (χ3v) is 9.04. The fraction of sp³-hybridized carbons (Fsp3) is 0.200. The maximum atomic E-state index is 13.3. The van der Waals surface area contributed by atoms with Gasteiger partial charge in [-0.05, 0) is 79.9 Å². The number of methoxy groups -OCH3 is 3. The number of aromatic nitrogens is 9. The van der Waals surface area contributed by atoms with E-state index in [-0.39, 0.29) is 41.2 Å². The van der Waals surface area contributed by atoms with Crippen molar-refractivity contribution in [2.45, 2.75) is 33.9 Å². The van der Waals surface area contributed by atoms with E-state index in [0.717, 1.165) is 55.4 Å². The molecule has 0 aliphatic rings. The predicted molar refractivity (Wildman–Crippen MR) is 229 cm³/mol. The minimum atomic E-state index is -0.343. The number of nitrogens with one attached hydrogen (secondary N) is 2. The molecule has 0 aliphatic carbocycles.